The highest BCUT2D eigenvalue weighted by Crippen LogP contribution is 2.26. The molecule has 0 atom stereocenters. The summed E-state index contributed by atoms with van der Waals surface area (Å²) in [6.45, 7) is 1.18. The molecule has 0 unspecified atom stereocenters. The van der Waals surface area contributed by atoms with Crippen molar-refractivity contribution in [1.29, 1.82) is 0 Å². The van der Waals surface area contributed by atoms with Crippen molar-refractivity contribution in [3.05, 3.63) is 100 Å². The van der Waals surface area contributed by atoms with Gasteiger partial charge in [0.25, 0.3) is 5.91 Å². The van der Waals surface area contributed by atoms with Gasteiger partial charge in [0, 0.05) is 25.6 Å². The third kappa shape index (κ3) is 6.40. The predicted molar refractivity (Wildman–Crippen MR) is 128 cm³/mol. The van der Waals surface area contributed by atoms with Crippen LogP contribution in [0.2, 0.25) is 0 Å². The molecule has 3 aromatic rings. The van der Waals surface area contributed by atoms with Gasteiger partial charge in [0.15, 0.2) is 5.11 Å². The van der Waals surface area contributed by atoms with Crippen LogP contribution >= 0.6 is 28.1 Å². The summed E-state index contributed by atoms with van der Waals surface area (Å²) in [5, 5.41) is 3.16. The molecular weight excluding hydrogens is 460 g/mol. The lowest BCUT2D eigenvalue weighted by Crippen LogP contribution is -2.40. The van der Waals surface area contributed by atoms with Gasteiger partial charge in [0.05, 0.1) is 11.1 Å². The minimum atomic E-state index is -0.253. The third-order valence-electron chi connectivity index (χ3n) is 4.51. The van der Waals surface area contributed by atoms with Crippen LogP contribution in [0, 0.1) is 0 Å². The highest BCUT2D eigenvalue weighted by molar-refractivity contribution is 9.10. The SMILES string of the molecule is CN(Cc1ccccc1)C(=S)NC(=O)c1ccc(OCCc2ccccc2)c(Br)c1. The number of hydrogen-bond donors (Lipinski definition) is 1. The fourth-order valence-electron chi connectivity index (χ4n) is 2.88. The minimum Gasteiger partial charge on any atom is -0.492 e. The molecular formula is C24H23BrN2O2S. The normalized spacial score (nSPS) is 10.3. The van der Waals surface area contributed by atoms with E-state index in [1.165, 1.54) is 5.56 Å². The first-order valence-corrected chi connectivity index (χ1v) is 10.8. The number of halogens is 1. The van der Waals surface area contributed by atoms with Crippen molar-refractivity contribution in [2.75, 3.05) is 13.7 Å². The number of thiocarbonyl (C=S) groups is 1. The number of rotatable bonds is 7. The highest BCUT2D eigenvalue weighted by Gasteiger charge is 2.13. The van der Waals surface area contributed by atoms with E-state index >= 15 is 0 Å². The first-order chi connectivity index (χ1) is 14.5. The predicted octanol–water partition coefficient (Wildman–Crippen LogP) is 5.22. The van der Waals surface area contributed by atoms with E-state index in [4.69, 9.17) is 17.0 Å². The zero-order chi connectivity index (χ0) is 21.3. The van der Waals surface area contributed by atoms with E-state index in [9.17, 15) is 4.79 Å². The van der Waals surface area contributed by atoms with Crippen LogP contribution in [0.1, 0.15) is 21.5 Å². The Morgan fingerprint density at radius 3 is 2.27 bits per heavy atom. The molecule has 0 fully saturated rings. The van der Waals surface area contributed by atoms with Crippen molar-refractivity contribution in [3.63, 3.8) is 0 Å². The van der Waals surface area contributed by atoms with Gasteiger partial charge in [-0.05, 0) is 57.5 Å². The van der Waals surface area contributed by atoms with Gasteiger partial charge in [-0.1, -0.05) is 60.7 Å². The molecule has 0 aromatic heterocycles. The maximum Gasteiger partial charge on any atom is 0.257 e. The molecule has 0 saturated heterocycles. The van der Waals surface area contributed by atoms with Crippen LogP contribution in [0.3, 0.4) is 0 Å². The lowest BCUT2D eigenvalue weighted by atomic mass is 10.2. The summed E-state index contributed by atoms with van der Waals surface area (Å²) in [5.41, 5.74) is 2.85. The molecule has 0 spiro atoms. The second kappa shape index (κ2) is 10.9. The van der Waals surface area contributed by atoms with Crippen LogP contribution in [0.4, 0.5) is 0 Å². The number of carbonyl (C=O) groups is 1. The van der Waals surface area contributed by atoms with Gasteiger partial charge < -0.3 is 9.64 Å². The highest BCUT2D eigenvalue weighted by atomic mass is 79.9. The van der Waals surface area contributed by atoms with Crippen LogP contribution < -0.4 is 10.1 Å². The summed E-state index contributed by atoms with van der Waals surface area (Å²) in [4.78, 5) is 14.4. The van der Waals surface area contributed by atoms with Gasteiger partial charge in [-0.3, -0.25) is 10.1 Å². The molecule has 0 heterocycles. The van der Waals surface area contributed by atoms with Crippen molar-refractivity contribution in [2.45, 2.75) is 13.0 Å². The largest absolute Gasteiger partial charge is 0.492 e. The molecule has 1 amide bonds. The molecule has 154 valence electrons. The second-order valence-electron chi connectivity index (χ2n) is 6.83. The van der Waals surface area contributed by atoms with E-state index in [-0.39, 0.29) is 5.91 Å². The summed E-state index contributed by atoms with van der Waals surface area (Å²) in [7, 11) is 1.86. The van der Waals surface area contributed by atoms with Gasteiger partial charge in [0.2, 0.25) is 0 Å². The number of ether oxygens (including phenoxy) is 1. The molecule has 3 aromatic carbocycles. The quantitative estimate of drug-likeness (QED) is 0.468. The van der Waals surface area contributed by atoms with Crippen LogP contribution in [-0.4, -0.2) is 29.6 Å². The molecule has 0 aliphatic rings. The number of benzene rings is 3. The van der Waals surface area contributed by atoms with Crippen molar-refractivity contribution >= 4 is 39.2 Å². The molecule has 4 nitrogen and oxygen atoms in total. The minimum absolute atomic E-state index is 0.253. The van der Waals surface area contributed by atoms with Gasteiger partial charge in [0.1, 0.15) is 5.75 Å². The number of nitrogens with one attached hydrogen (secondary N) is 1. The Kier molecular flexibility index (Phi) is 7.99. The average Bonchev–Trinajstić information content (AvgIpc) is 2.76. The molecule has 0 saturated carbocycles. The van der Waals surface area contributed by atoms with Gasteiger partial charge in [-0.15, -0.1) is 0 Å². The summed E-state index contributed by atoms with van der Waals surface area (Å²) in [6.07, 6.45) is 0.817. The van der Waals surface area contributed by atoms with E-state index in [0.717, 1.165) is 16.5 Å². The molecule has 6 heteroatoms. The maximum atomic E-state index is 12.6. The fraction of sp³-hybridized carbons (Fsp3) is 0.167. The number of carbonyl (C=O) groups excluding carboxylic acids is 1. The van der Waals surface area contributed by atoms with Crippen LogP contribution in [-0.2, 0) is 13.0 Å². The van der Waals surface area contributed by atoms with E-state index in [0.29, 0.717) is 29.6 Å². The van der Waals surface area contributed by atoms with Crippen molar-refractivity contribution in [3.8, 4) is 5.75 Å². The summed E-state index contributed by atoms with van der Waals surface area (Å²) < 4.78 is 6.58. The second-order valence-corrected chi connectivity index (χ2v) is 8.07. The van der Waals surface area contributed by atoms with E-state index in [2.05, 4.69) is 33.4 Å². The molecule has 1 N–H and O–H groups in total. The standard InChI is InChI=1S/C24H23BrN2O2S/c1-27(17-19-10-6-3-7-11-19)24(30)26-23(28)20-12-13-22(21(25)16-20)29-15-14-18-8-4-2-5-9-18/h2-13,16H,14-15,17H2,1H3,(H,26,28,30). The first kappa shape index (κ1) is 22.0. The number of nitrogens with zero attached hydrogens (tertiary/aromatic N) is 1. The summed E-state index contributed by atoms with van der Waals surface area (Å²) in [5.74, 6) is 0.447. The Bertz CT molecular complexity index is 997. The molecule has 0 radical (unpaired) electrons. The van der Waals surface area contributed by atoms with Crippen LogP contribution in [0.5, 0.6) is 5.75 Å². The third-order valence-corrected chi connectivity index (χ3v) is 5.55. The monoisotopic (exact) mass is 482 g/mol. The molecule has 0 bridgehead atoms. The lowest BCUT2D eigenvalue weighted by Gasteiger charge is -2.20. The smallest absolute Gasteiger partial charge is 0.257 e. The fourth-order valence-corrected chi connectivity index (χ4v) is 3.53. The molecule has 0 aliphatic carbocycles. The Balaban J connectivity index is 1.53. The average molecular weight is 483 g/mol. The van der Waals surface area contributed by atoms with Gasteiger partial charge in [-0.2, -0.15) is 0 Å². The topological polar surface area (TPSA) is 41.6 Å². The Labute approximate surface area is 191 Å². The van der Waals surface area contributed by atoms with Gasteiger partial charge >= 0.3 is 0 Å². The zero-order valence-electron chi connectivity index (χ0n) is 16.7. The van der Waals surface area contributed by atoms with Crippen LogP contribution in [0.15, 0.2) is 83.3 Å². The zero-order valence-corrected chi connectivity index (χ0v) is 19.1. The van der Waals surface area contributed by atoms with E-state index in [1.54, 1.807) is 18.2 Å². The maximum absolute atomic E-state index is 12.6. The summed E-state index contributed by atoms with van der Waals surface area (Å²) >= 11 is 8.87. The van der Waals surface area contributed by atoms with Crippen molar-refractivity contribution in [2.24, 2.45) is 0 Å². The van der Waals surface area contributed by atoms with E-state index < -0.39 is 0 Å². The Morgan fingerprint density at radius 2 is 1.63 bits per heavy atom. The lowest BCUT2D eigenvalue weighted by molar-refractivity contribution is 0.0973. The van der Waals surface area contributed by atoms with Gasteiger partial charge in [-0.25, -0.2) is 0 Å². The molecule has 30 heavy (non-hydrogen) atoms. The van der Waals surface area contributed by atoms with E-state index in [1.807, 2.05) is 60.5 Å². The Hall–Kier alpha value is -2.70. The Morgan fingerprint density at radius 1 is 1.00 bits per heavy atom. The number of amides is 1. The van der Waals surface area contributed by atoms with Crippen molar-refractivity contribution < 1.29 is 9.53 Å². The van der Waals surface area contributed by atoms with Crippen molar-refractivity contribution in [1.82, 2.24) is 10.2 Å². The molecule has 0 aliphatic heterocycles. The number of hydrogen-bond acceptors (Lipinski definition) is 3. The molecule has 3 rings (SSSR count). The first-order valence-electron chi connectivity index (χ1n) is 9.59. The van der Waals surface area contributed by atoms with Crippen LogP contribution in [0.25, 0.3) is 0 Å². The summed E-state index contributed by atoms with van der Waals surface area (Å²) in [6, 6.07) is 25.4.